The summed E-state index contributed by atoms with van der Waals surface area (Å²) >= 11 is 3.20. The Labute approximate surface area is 95.0 Å². The Balaban J connectivity index is 2.47. The second-order valence-electron chi connectivity index (χ2n) is 3.18. The first-order chi connectivity index (χ1) is 7.00. The van der Waals surface area contributed by atoms with Gasteiger partial charge in [0, 0.05) is 17.2 Å². The minimum Gasteiger partial charge on any atom is -0.481 e. The van der Waals surface area contributed by atoms with E-state index in [4.69, 9.17) is 5.11 Å². The van der Waals surface area contributed by atoms with Gasteiger partial charge in [-0.2, -0.15) is 0 Å². The van der Waals surface area contributed by atoms with Crippen molar-refractivity contribution in [1.29, 1.82) is 0 Å². The fourth-order valence-corrected chi connectivity index (χ4v) is 1.27. The first-order valence-corrected chi connectivity index (χ1v) is 5.15. The summed E-state index contributed by atoms with van der Waals surface area (Å²) in [5.74, 6) is -1.83. The summed E-state index contributed by atoms with van der Waals surface area (Å²) in [6, 6.07) is 1.63. The molecular formula is C9H11BrN2O3. The van der Waals surface area contributed by atoms with Gasteiger partial charge in [-0.25, -0.2) is 0 Å². The fraction of sp³-hybridized carbons (Fsp3) is 0.333. The highest BCUT2D eigenvalue weighted by Gasteiger charge is 2.13. The molecule has 15 heavy (non-hydrogen) atoms. The zero-order chi connectivity index (χ0) is 11.4. The summed E-state index contributed by atoms with van der Waals surface area (Å²) in [6.45, 7) is 1.65. The van der Waals surface area contributed by atoms with E-state index < -0.39 is 11.9 Å². The number of aliphatic carboxylic acids is 1. The SMILES string of the molecule is C[C@H](CNC(=O)c1cc(Br)c[nH]1)C(=O)O. The Morgan fingerprint density at radius 3 is 2.80 bits per heavy atom. The molecule has 1 amide bonds. The lowest BCUT2D eigenvalue weighted by Gasteiger charge is -2.06. The molecule has 3 N–H and O–H groups in total. The lowest BCUT2D eigenvalue weighted by atomic mass is 10.2. The molecule has 1 heterocycles. The van der Waals surface area contributed by atoms with Crippen LogP contribution in [0.25, 0.3) is 0 Å². The Morgan fingerprint density at radius 1 is 1.67 bits per heavy atom. The van der Waals surface area contributed by atoms with Gasteiger partial charge in [0.1, 0.15) is 5.69 Å². The number of halogens is 1. The second-order valence-corrected chi connectivity index (χ2v) is 4.10. The number of carbonyl (C=O) groups is 2. The van der Waals surface area contributed by atoms with E-state index in [2.05, 4.69) is 26.2 Å². The Morgan fingerprint density at radius 2 is 2.33 bits per heavy atom. The second kappa shape index (κ2) is 4.97. The van der Waals surface area contributed by atoms with E-state index >= 15 is 0 Å². The maximum absolute atomic E-state index is 11.4. The molecule has 0 spiro atoms. The summed E-state index contributed by atoms with van der Waals surface area (Å²) < 4.78 is 0.777. The molecule has 0 aliphatic heterocycles. The number of hydrogen-bond acceptors (Lipinski definition) is 2. The van der Waals surface area contributed by atoms with E-state index in [-0.39, 0.29) is 12.5 Å². The molecule has 0 fully saturated rings. The number of rotatable bonds is 4. The fourth-order valence-electron chi connectivity index (χ4n) is 0.927. The molecule has 0 aliphatic rings. The molecule has 0 saturated heterocycles. The molecule has 0 saturated carbocycles. The van der Waals surface area contributed by atoms with Crippen LogP contribution >= 0.6 is 15.9 Å². The maximum atomic E-state index is 11.4. The van der Waals surface area contributed by atoms with Crippen molar-refractivity contribution >= 4 is 27.8 Å². The van der Waals surface area contributed by atoms with E-state index in [1.54, 1.807) is 12.3 Å². The van der Waals surface area contributed by atoms with Gasteiger partial charge in [0.25, 0.3) is 5.91 Å². The van der Waals surface area contributed by atoms with Crippen LogP contribution in [0, 0.1) is 5.92 Å². The van der Waals surface area contributed by atoms with Crippen molar-refractivity contribution in [2.24, 2.45) is 5.92 Å². The molecule has 0 radical (unpaired) electrons. The minimum atomic E-state index is -0.928. The average molecular weight is 275 g/mol. The quantitative estimate of drug-likeness (QED) is 0.772. The Bertz CT molecular complexity index is 375. The van der Waals surface area contributed by atoms with Gasteiger partial charge in [-0.3, -0.25) is 9.59 Å². The van der Waals surface area contributed by atoms with Crippen LogP contribution in [0.4, 0.5) is 0 Å². The molecule has 0 aliphatic carbocycles. The predicted molar refractivity (Wildman–Crippen MR) is 57.6 cm³/mol. The van der Waals surface area contributed by atoms with Crippen LogP contribution in [0.15, 0.2) is 16.7 Å². The maximum Gasteiger partial charge on any atom is 0.308 e. The van der Waals surface area contributed by atoms with Crippen molar-refractivity contribution in [1.82, 2.24) is 10.3 Å². The van der Waals surface area contributed by atoms with Crippen molar-refractivity contribution in [3.63, 3.8) is 0 Å². The van der Waals surface area contributed by atoms with Crippen molar-refractivity contribution < 1.29 is 14.7 Å². The summed E-state index contributed by atoms with van der Waals surface area (Å²) in [5, 5.41) is 11.1. The number of carboxylic acids is 1. The first-order valence-electron chi connectivity index (χ1n) is 4.35. The van der Waals surface area contributed by atoms with E-state index in [1.165, 1.54) is 6.92 Å². The van der Waals surface area contributed by atoms with Crippen LogP contribution in [0.2, 0.25) is 0 Å². The Hall–Kier alpha value is -1.30. The molecular weight excluding hydrogens is 264 g/mol. The number of nitrogens with one attached hydrogen (secondary N) is 2. The van der Waals surface area contributed by atoms with Gasteiger partial charge < -0.3 is 15.4 Å². The third kappa shape index (κ3) is 3.39. The number of aromatic nitrogens is 1. The summed E-state index contributed by atoms with van der Waals surface area (Å²) in [7, 11) is 0. The van der Waals surface area contributed by atoms with E-state index in [0.717, 1.165) is 4.47 Å². The largest absolute Gasteiger partial charge is 0.481 e. The number of amides is 1. The molecule has 6 heteroatoms. The highest BCUT2D eigenvalue weighted by atomic mass is 79.9. The van der Waals surface area contributed by atoms with Crippen LogP contribution in [0.3, 0.4) is 0 Å². The van der Waals surface area contributed by atoms with Gasteiger partial charge in [-0.1, -0.05) is 6.92 Å². The van der Waals surface area contributed by atoms with Gasteiger partial charge in [0.05, 0.1) is 5.92 Å². The molecule has 0 aromatic carbocycles. The van der Waals surface area contributed by atoms with E-state index in [0.29, 0.717) is 5.69 Å². The topological polar surface area (TPSA) is 82.2 Å². The van der Waals surface area contributed by atoms with Crippen LogP contribution in [0.5, 0.6) is 0 Å². The third-order valence-corrected chi connectivity index (χ3v) is 2.34. The van der Waals surface area contributed by atoms with Gasteiger partial charge in [-0.05, 0) is 22.0 Å². The highest BCUT2D eigenvalue weighted by Crippen LogP contribution is 2.10. The van der Waals surface area contributed by atoms with Gasteiger partial charge in [0.15, 0.2) is 0 Å². The van der Waals surface area contributed by atoms with Crippen molar-refractivity contribution in [3.05, 3.63) is 22.4 Å². The summed E-state index contributed by atoms with van der Waals surface area (Å²) in [5.41, 5.74) is 0.402. The van der Waals surface area contributed by atoms with Gasteiger partial charge in [-0.15, -0.1) is 0 Å². The van der Waals surface area contributed by atoms with Crippen LogP contribution in [-0.2, 0) is 4.79 Å². The first kappa shape index (κ1) is 11.8. The molecule has 5 nitrogen and oxygen atoms in total. The van der Waals surface area contributed by atoms with Crippen LogP contribution < -0.4 is 5.32 Å². The van der Waals surface area contributed by atoms with E-state index in [9.17, 15) is 9.59 Å². The zero-order valence-electron chi connectivity index (χ0n) is 8.08. The molecule has 82 valence electrons. The number of carboxylic acid groups (broad SMARTS) is 1. The van der Waals surface area contributed by atoms with Gasteiger partial charge in [0.2, 0.25) is 0 Å². The number of carbonyl (C=O) groups excluding carboxylic acids is 1. The smallest absolute Gasteiger partial charge is 0.308 e. The average Bonchev–Trinajstić information content (AvgIpc) is 2.60. The summed E-state index contributed by atoms with van der Waals surface area (Å²) in [4.78, 5) is 24.7. The number of hydrogen-bond donors (Lipinski definition) is 3. The molecule has 0 bridgehead atoms. The van der Waals surface area contributed by atoms with Crippen molar-refractivity contribution in [3.8, 4) is 0 Å². The normalized spacial score (nSPS) is 12.1. The highest BCUT2D eigenvalue weighted by molar-refractivity contribution is 9.10. The minimum absolute atomic E-state index is 0.116. The van der Waals surface area contributed by atoms with E-state index in [1.807, 2.05) is 0 Å². The molecule has 1 rings (SSSR count). The molecule has 1 atom stereocenters. The monoisotopic (exact) mass is 274 g/mol. The number of H-pyrrole nitrogens is 1. The third-order valence-electron chi connectivity index (χ3n) is 1.88. The standard InChI is InChI=1S/C9H11BrN2O3/c1-5(9(14)15)3-12-8(13)7-2-6(10)4-11-7/h2,4-5,11H,3H2,1H3,(H,12,13)(H,14,15)/t5-/m1/s1. The van der Waals surface area contributed by atoms with Crippen LogP contribution in [-0.4, -0.2) is 28.5 Å². The summed E-state index contributed by atoms with van der Waals surface area (Å²) in [6.07, 6.45) is 1.63. The number of aromatic amines is 1. The predicted octanol–water partition coefficient (Wildman–Crippen LogP) is 1.23. The lowest BCUT2D eigenvalue weighted by Crippen LogP contribution is -2.31. The van der Waals surface area contributed by atoms with Crippen molar-refractivity contribution in [2.45, 2.75) is 6.92 Å². The molecule has 1 aromatic rings. The van der Waals surface area contributed by atoms with Crippen LogP contribution in [0.1, 0.15) is 17.4 Å². The Kier molecular flexibility index (Phi) is 3.90. The van der Waals surface area contributed by atoms with Crippen molar-refractivity contribution in [2.75, 3.05) is 6.54 Å². The molecule has 0 unspecified atom stereocenters. The zero-order valence-corrected chi connectivity index (χ0v) is 9.67. The lowest BCUT2D eigenvalue weighted by molar-refractivity contribution is -0.140. The van der Waals surface area contributed by atoms with Gasteiger partial charge >= 0.3 is 5.97 Å². The molecule has 1 aromatic heterocycles.